The molecule has 2 aromatic rings. The molecule has 1 heterocycles. The van der Waals surface area contributed by atoms with Crippen molar-refractivity contribution in [2.24, 2.45) is 0 Å². The van der Waals surface area contributed by atoms with Gasteiger partial charge in [0.15, 0.2) is 0 Å². The summed E-state index contributed by atoms with van der Waals surface area (Å²) in [5.74, 6) is 0.491. The van der Waals surface area contributed by atoms with Gasteiger partial charge >= 0.3 is 5.91 Å². The second-order valence-corrected chi connectivity index (χ2v) is 4.27. The van der Waals surface area contributed by atoms with Gasteiger partial charge in [-0.2, -0.15) is 0 Å². The number of hydrogen-bond donors (Lipinski definition) is 1. The van der Waals surface area contributed by atoms with Crippen molar-refractivity contribution in [2.75, 3.05) is 6.54 Å². The molecule has 1 aromatic heterocycles. The largest absolute Gasteiger partial charge is 0.438 e. The fraction of sp³-hybridized carbons (Fsp3) is 0.286. The van der Waals surface area contributed by atoms with Crippen molar-refractivity contribution in [3.63, 3.8) is 0 Å². The SMILES string of the molecule is Cc1ccc(CCNC(=O)c2ncc(C)o2)cc1. The summed E-state index contributed by atoms with van der Waals surface area (Å²) in [5, 5.41) is 2.78. The van der Waals surface area contributed by atoms with Crippen LogP contribution in [0.15, 0.2) is 34.9 Å². The molecule has 2 rings (SSSR count). The smallest absolute Gasteiger partial charge is 0.307 e. The van der Waals surface area contributed by atoms with Gasteiger partial charge in [0.25, 0.3) is 5.89 Å². The molecule has 0 aliphatic rings. The van der Waals surface area contributed by atoms with Crippen molar-refractivity contribution in [3.8, 4) is 0 Å². The van der Waals surface area contributed by atoms with Crippen LogP contribution in [0.5, 0.6) is 0 Å². The van der Waals surface area contributed by atoms with Crippen LogP contribution in [-0.2, 0) is 6.42 Å². The van der Waals surface area contributed by atoms with E-state index >= 15 is 0 Å². The van der Waals surface area contributed by atoms with Crippen LogP contribution < -0.4 is 5.32 Å². The van der Waals surface area contributed by atoms with Crippen molar-refractivity contribution in [1.82, 2.24) is 10.3 Å². The summed E-state index contributed by atoms with van der Waals surface area (Å²) in [6.45, 7) is 4.38. The third-order valence-corrected chi connectivity index (χ3v) is 2.64. The Kier molecular flexibility index (Phi) is 3.77. The average Bonchev–Trinajstić information content (AvgIpc) is 2.78. The fourth-order valence-corrected chi connectivity index (χ4v) is 1.61. The lowest BCUT2D eigenvalue weighted by Gasteiger charge is -2.03. The maximum Gasteiger partial charge on any atom is 0.307 e. The van der Waals surface area contributed by atoms with E-state index in [9.17, 15) is 4.79 Å². The zero-order valence-corrected chi connectivity index (χ0v) is 10.6. The summed E-state index contributed by atoms with van der Waals surface area (Å²) in [7, 11) is 0. The average molecular weight is 244 g/mol. The van der Waals surface area contributed by atoms with Crippen LogP contribution in [0.1, 0.15) is 27.6 Å². The Morgan fingerprint density at radius 2 is 2.00 bits per heavy atom. The first-order valence-electron chi connectivity index (χ1n) is 5.91. The van der Waals surface area contributed by atoms with Crippen LogP contribution >= 0.6 is 0 Å². The maximum atomic E-state index is 11.6. The second kappa shape index (κ2) is 5.49. The number of aromatic nitrogens is 1. The molecule has 18 heavy (non-hydrogen) atoms. The molecule has 0 spiro atoms. The van der Waals surface area contributed by atoms with Crippen LogP contribution in [0.25, 0.3) is 0 Å². The Bertz CT molecular complexity index is 529. The number of oxazole rings is 1. The number of nitrogens with zero attached hydrogens (tertiary/aromatic N) is 1. The minimum Gasteiger partial charge on any atom is -0.438 e. The summed E-state index contributed by atoms with van der Waals surface area (Å²) in [5.41, 5.74) is 2.43. The standard InChI is InChI=1S/C14H16N2O2/c1-10-3-5-12(6-4-10)7-8-15-13(17)14-16-9-11(2)18-14/h3-6,9H,7-8H2,1-2H3,(H,15,17). The minimum atomic E-state index is -0.268. The van der Waals surface area contributed by atoms with E-state index in [0.717, 1.165) is 6.42 Å². The van der Waals surface area contributed by atoms with E-state index in [1.165, 1.54) is 17.3 Å². The van der Waals surface area contributed by atoms with Gasteiger partial charge in [-0.3, -0.25) is 4.79 Å². The summed E-state index contributed by atoms with van der Waals surface area (Å²) < 4.78 is 5.14. The van der Waals surface area contributed by atoms with Gasteiger partial charge in [0.05, 0.1) is 6.20 Å². The zero-order chi connectivity index (χ0) is 13.0. The molecule has 0 aliphatic heterocycles. The van der Waals surface area contributed by atoms with E-state index in [4.69, 9.17) is 4.42 Å². The molecule has 0 bridgehead atoms. The molecule has 1 aromatic carbocycles. The van der Waals surface area contributed by atoms with Gasteiger partial charge in [-0.25, -0.2) is 4.98 Å². The lowest BCUT2D eigenvalue weighted by atomic mass is 10.1. The van der Waals surface area contributed by atoms with Crippen LogP contribution in [0.2, 0.25) is 0 Å². The van der Waals surface area contributed by atoms with Crippen LogP contribution in [0, 0.1) is 13.8 Å². The maximum absolute atomic E-state index is 11.6. The number of aryl methyl sites for hydroxylation is 2. The summed E-state index contributed by atoms with van der Waals surface area (Å²) in [6.07, 6.45) is 2.33. The van der Waals surface area contributed by atoms with Crippen LogP contribution in [0.3, 0.4) is 0 Å². The van der Waals surface area contributed by atoms with Crippen molar-refractivity contribution < 1.29 is 9.21 Å². The first-order chi connectivity index (χ1) is 8.65. The lowest BCUT2D eigenvalue weighted by Crippen LogP contribution is -2.25. The molecule has 94 valence electrons. The molecule has 4 heteroatoms. The van der Waals surface area contributed by atoms with E-state index in [0.29, 0.717) is 12.3 Å². The first kappa shape index (κ1) is 12.4. The highest BCUT2D eigenvalue weighted by Gasteiger charge is 2.10. The molecule has 1 N–H and O–H groups in total. The topological polar surface area (TPSA) is 55.1 Å². The molecule has 0 aliphatic carbocycles. The number of amides is 1. The van der Waals surface area contributed by atoms with Gasteiger partial charge in [-0.15, -0.1) is 0 Å². The number of carbonyl (C=O) groups excluding carboxylic acids is 1. The molecular formula is C14H16N2O2. The number of benzene rings is 1. The predicted octanol–water partition coefficient (Wildman–Crippen LogP) is 2.26. The molecule has 0 unspecified atom stereocenters. The number of rotatable bonds is 4. The van der Waals surface area contributed by atoms with E-state index in [1.54, 1.807) is 6.92 Å². The Morgan fingerprint density at radius 3 is 2.61 bits per heavy atom. The summed E-state index contributed by atoms with van der Waals surface area (Å²) in [6, 6.07) is 8.26. The highest BCUT2D eigenvalue weighted by molar-refractivity contribution is 5.89. The normalized spacial score (nSPS) is 10.3. The van der Waals surface area contributed by atoms with Crippen LogP contribution in [0.4, 0.5) is 0 Å². The summed E-state index contributed by atoms with van der Waals surface area (Å²) >= 11 is 0. The first-order valence-corrected chi connectivity index (χ1v) is 5.91. The van der Waals surface area contributed by atoms with Gasteiger partial charge in [0, 0.05) is 6.54 Å². The van der Waals surface area contributed by atoms with Crippen molar-refractivity contribution in [2.45, 2.75) is 20.3 Å². The third kappa shape index (κ3) is 3.20. The quantitative estimate of drug-likeness (QED) is 0.897. The van der Waals surface area contributed by atoms with Crippen molar-refractivity contribution >= 4 is 5.91 Å². The zero-order valence-electron chi connectivity index (χ0n) is 10.6. The minimum absolute atomic E-state index is 0.122. The van der Waals surface area contributed by atoms with Crippen molar-refractivity contribution in [1.29, 1.82) is 0 Å². The van der Waals surface area contributed by atoms with Gasteiger partial charge in [0.1, 0.15) is 5.76 Å². The molecule has 0 atom stereocenters. The highest BCUT2D eigenvalue weighted by Crippen LogP contribution is 2.04. The molecule has 0 fully saturated rings. The molecule has 4 nitrogen and oxygen atoms in total. The van der Waals surface area contributed by atoms with E-state index in [-0.39, 0.29) is 11.8 Å². The Balaban J connectivity index is 1.82. The van der Waals surface area contributed by atoms with E-state index in [2.05, 4.69) is 41.5 Å². The molecule has 0 radical (unpaired) electrons. The second-order valence-electron chi connectivity index (χ2n) is 4.27. The number of nitrogens with one attached hydrogen (secondary N) is 1. The van der Waals surface area contributed by atoms with Gasteiger partial charge in [-0.1, -0.05) is 29.8 Å². The number of hydrogen-bond acceptors (Lipinski definition) is 3. The monoisotopic (exact) mass is 244 g/mol. The Morgan fingerprint density at radius 1 is 1.28 bits per heavy atom. The molecule has 1 amide bonds. The Hall–Kier alpha value is -2.10. The van der Waals surface area contributed by atoms with E-state index < -0.39 is 0 Å². The molecular weight excluding hydrogens is 228 g/mol. The van der Waals surface area contributed by atoms with Gasteiger partial charge < -0.3 is 9.73 Å². The van der Waals surface area contributed by atoms with Crippen molar-refractivity contribution in [3.05, 3.63) is 53.2 Å². The van der Waals surface area contributed by atoms with Gasteiger partial charge in [0.2, 0.25) is 0 Å². The Labute approximate surface area is 106 Å². The highest BCUT2D eigenvalue weighted by atomic mass is 16.4. The van der Waals surface area contributed by atoms with Crippen LogP contribution in [-0.4, -0.2) is 17.4 Å². The molecule has 0 saturated heterocycles. The van der Waals surface area contributed by atoms with Gasteiger partial charge in [-0.05, 0) is 25.8 Å². The third-order valence-electron chi connectivity index (χ3n) is 2.64. The predicted molar refractivity (Wildman–Crippen MR) is 68.5 cm³/mol. The fourth-order valence-electron chi connectivity index (χ4n) is 1.61. The lowest BCUT2D eigenvalue weighted by molar-refractivity contribution is 0.0918. The summed E-state index contributed by atoms with van der Waals surface area (Å²) in [4.78, 5) is 15.5. The molecule has 0 saturated carbocycles. The van der Waals surface area contributed by atoms with E-state index in [1.807, 2.05) is 0 Å². The number of carbonyl (C=O) groups is 1.